The number of rotatable bonds is 8. The van der Waals surface area contributed by atoms with E-state index in [1.54, 1.807) is 0 Å². The topological polar surface area (TPSA) is 24.5 Å². The van der Waals surface area contributed by atoms with Gasteiger partial charge >= 0.3 is 6.03 Å². The molecule has 0 radical (unpaired) electrons. The fourth-order valence-electron chi connectivity index (χ4n) is 7.77. The highest BCUT2D eigenvalue weighted by Crippen LogP contribution is 2.48. The SMILES string of the molecule is CCCCCc1cc2c(c(CCCCC)c1)OC13Oc4c(cc(C(C)(C)C)cc4C(C)(C)C)C=[N+]1C1CCCCC1[N+]3=C2. The maximum absolute atomic E-state index is 7.38. The number of ether oxygens (including phenoxy) is 2. The lowest BCUT2D eigenvalue weighted by Gasteiger charge is -2.33. The second-order valence-corrected chi connectivity index (χ2v) is 15.8. The van der Waals surface area contributed by atoms with Crippen molar-refractivity contribution < 1.29 is 18.6 Å². The molecular formula is C39H56N2O2+2. The Morgan fingerprint density at radius 1 is 0.698 bits per heavy atom. The molecule has 6 rings (SSSR count). The minimum atomic E-state index is -0.980. The van der Waals surface area contributed by atoms with Crippen molar-refractivity contribution in [1.82, 2.24) is 0 Å². The molecule has 1 saturated carbocycles. The van der Waals surface area contributed by atoms with Gasteiger partial charge in [-0.25, -0.2) is 0 Å². The molecule has 2 aromatic carbocycles. The van der Waals surface area contributed by atoms with Crippen LogP contribution in [-0.2, 0) is 23.7 Å². The molecule has 4 heteroatoms. The number of hydrogen-bond donors (Lipinski definition) is 0. The first-order valence-electron chi connectivity index (χ1n) is 17.5. The number of aryl methyl sites for hydroxylation is 2. The quantitative estimate of drug-likeness (QED) is 0.228. The van der Waals surface area contributed by atoms with Crippen LogP contribution in [0, 0.1) is 0 Å². The Hall–Kier alpha value is -2.62. The number of nitrogens with zero attached hydrogens (tertiary/aromatic N) is 2. The fraction of sp³-hybridized carbons (Fsp3) is 0.641. The van der Waals surface area contributed by atoms with Crippen molar-refractivity contribution in [3.63, 3.8) is 0 Å². The summed E-state index contributed by atoms with van der Waals surface area (Å²) in [5, 5.41) is 0. The summed E-state index contributed by atoms with van der Waals surface area (Å²) in [6.07, 6.45) is 19.3. The van der Waals surface area contributed by atoms with Gasteiger partial charge in [0.25, 0.3) is 0 Å². The molecule has 1 saturated heterocycles. The second kappa shape index (κ2) is 11.4. The Kier molecular flexibility index (Phi) is 8.05. The Labute approximate surface area is 261 Å². The molecule has 2 aromatic rings. The number of unbranched alkanes of at least 4 members (excludes halogenated alkanes) is 4. The van der Waals surface area contributed by atoms with Gasteiger partial charge in [0.15, 0.2) is 23.9 Å². The molecule has 4 aliphatic rings. The molecule has 3 heterocycles. The van der Waals surface area contributed by atoms with E-state index in [9.17, 15) is 0 Å². The summed E-state index contributed by atoms with van der Waals surface area (Å²) < 4.78 is 19.7. The zero-order chi connectivity index (χ0) is 30.6. The lowest BCUT2D eigenvalue weighted by atomic mass is 9.79. The van der Waals surface area contributed by atoms with Gasteiger partial charge in [0.05, 0.1) is 11.1 Å². The Morgan fingerprint density at radius 2 is 1.28 bits per heavy atom. The normalized spacial score (nSPS) is 24.0. The van der Waals surface area contributed by atoms with Gasteiger partial charge in [0.1, 0.15) is 0 Å². The van der Waals surface area contributed by atoms with Crippen LogP contribution in [0.25, 0.3) is 0 Å². The van der Waals surface area contributed by atoms with E-state index in [4.69, 9.17) is 9.47 Å². The molecule has 4 nitrogen and oxygen atoms in total. The molecule has 0 amide bonds. The lowest BCUT2D eigenvalue weighted by Crippen LogP contribution is -2.60. The van der Waals surface area contributed by atoms with Crippen LogP contribution in [0.1, 0.15) is 153 Å². The minimum absolute atomic E-state index is 0.0543. The minimum Gasteiger partial charge on any atom is -0.340 e. The van der Waals surface area contributed by atoms with Gasteiger partial charge < -0.3 is 9.47 Å². The second-order valence-electron chi connectivity index (χ2n) is 15.8. The van der Waals surface area contributed by atoms with Crippen LogP contribution < -0.4 is 9.47 Å². The van der Waals surface area contributed by atoms with Crippen LogP contribution in [0.3, 0.4) is 0 Å². The van der Waals surface area contributed by atoms with Crippen LogP contribution in [0.4, 0.5) is 0 Å². The van der Waals surface area contributed by atoms with E-state index in [-0.39, 0.29) is 10.8 Å². The maximum Gasteiger partial charge on any atom is 0.704 e. The van der Waals surface area contributed by atoms with Crippen LogP contribution >= 0.6 is 0 Å². The van der Waals surface area contributed by atoms with E-state index in [1.807, 2.05) is 0 Å². The highest BCUT2D eigenvalue weighted by Gasteiger charge is 2.76. The van der Waals surface area contributed by atoms with Crippen LogP contribution in [-0.4, -0.2) is 39.7 Å². The standard InChI is InChI=1S/C39H56N2O2/c1-9-11-13-17-27-21-28(18-14-12-10-2)35-29(22-27)25-40-33-19-15-16-20-34(33)41-26-30-23-31(37(3,4)5)24-32(38(6,7)8)36(30)43-39(40,41)42-35/h21-26,33-34H,9-20H2,1-8H3/q+2. The first-order chi connectivity index (χ1) is 20.5. The Morgan fingerprint density at radius 3 is 1.86 bits per heavy atom. The first-order valence-corrected chi connectivity index (χ1v) is 17.5. The Balaban J connectivity index is 1.52. The highest BCUT2D eigenvalue weighted by atomic mass is 16.7. The maximum atomic E-state index is 7.38. The van der Waals surface area contributed by atoms with Crippen LogP contribution in [0.2, 0.25) is 0 Å². The average molecular weight is 585 g/mol. The largest absolute Gasteiger partial charge is 0.704 e. The third kappa shape index (κ3) is 5.46. The van der Waals surface area contributed by atoms with E-state index in [0.29, 0.717) is 12.1 Å². The van der Waals surface area contributed by atoms with Crippen molar-refractivity contribution in [2.75, 3.05) is 0 Å². The molecular weight excluding hydrogens is 528 g/mol. The number of fused-ring (bicyclic) bond motifs is 5. The van der Waals surface area contributed by atoms with Crippen molar-refractivity contribution >= 4 is 12.4 Å². The summed E-state index contributed by atoms with van der Waals surface area (Å²) in [6, 6.07) is 9.40. The van der Waals surface area contributed by atoms with E-state index in [2.05, 4.69) is 101 Å². The summed E-state index contributed by atoms with van der Waals surface area (Å²) in [7, 11) is 0. The summed E-state index contributed by atoms with van der Waals surface area (Å²) in [5.74, 6) is 2.02. The molecule has 232 valence electrons. The first kappa shape index (κ1) is 30.4. The predicted molar refractivity (Wildman–Crippen MR) is 178 cm³/mol. The predicted octanol–water partition coefficient (Wildman–Crippen LogP) is 9.03. The van der Waals surface area contributed by atoms with Crippen molar-refractivity contribution in [3.05, 3.63) is 57.6 Å². The summed E-state index contributed by atoms with van der Waals surface area (Å²) in [4.78, 5) is 0. The van der Waals surface area contributed by atoms with E-state index < -0.39 is 6.03 Å². The molecule has 1 spiro atoms. The van der Waals surface area contributed by atoms with Crippen LogP contribution in [0.5, 0.6) is 11.5 Å². The molecule has 3 atom stereocenters. The van der Waals surface area contributed by atoms with Gasteiger partial charge in [-0.2, -0.15) is 0 Å². The number of hydrogen-bond acceptors (Lipinski definition) is 2. The van der Waals surface area contributed by atoms with Gasteiger partial charge in [-0.15, -0.1) is 0 Å². The van der Waals surface area contributed by atoms with Crippen molar-refractivity contribution in [3.8, 4) is 11.5 Å². The third-order valence-electron chi connectivity index (χ3n) is 10.3. The Bertz CT molecular complexity index is 1440. The molecule has 0 N–H and O–H groups in total. The van der Waals surface area contributed by atoms with Gasteiger partial charge in [-0.3, -0.25) is 0 Å². The molecule has 3 unspecified atom stereocenters. The molecule has 1 aliphatic carbocycles. The highest BCUT2D eigenvalue weighted by molar-refractivity contribution is 5.85. The van der Waals surface area contributed by atoms with Crippen LogP contribution in [0.15, 0.2) is 24.3 Å². The molecule has 43 heavy (non-hydrogen) atoms. The molecule has 2 fully saturated rings. The van der Waals surface area contributed by atoms with Gasteiger partial charge in [0.2, 0.25) is 12.1 Å². The van der Waals surface area contributed by atoms with Gasteiger partial charge in [0, 0.05) is 18.4 Å². The molecule has 0 aromatic heterocycles. The molecule has 3 aliphatic heterocycles. The summed E-state index contributed by atoms with van der Waals surface area (Å²) >= 11 is 0. The van der Waals surface area contributed by atoms with Crippen molar-refractivity contribution in [2.24, 2.45) is 0 Å². The van der Waals surface area contributed by atoms with E-state index >= 15 is 0 Å². The summed E-state index contributed by atoms with van der Waals surface area (Å²) in [5.41, 5.74) is 7.85. The van der Waals surface area contributed by atoms with E-state index in [0.717, 1.165) is 24.3 Å². The lowest BCUT2D eigenvalue weighted by molar-refractivity contribution is -0.866. The monoisotopic (exact) mass is 584 g/mol. The van der Waals surface area contributed by atoms with Gasteiger partial charge in [-0.1, -0.05) is 102 Å². The smallest absolute Gasteiger partial charge is 0.340 e. The zero-order valence-electron chi connectivity index (χ0n) is 28.3. The van der Waals surface area contributed by atoms with Crippen molar-refractivity contribution in [1.29, 1.82) is 0 Å². The fourth-order valence-corrected chi connectivity index (χ4v) is 7.77. The van der Waals surface area contributed by atoms with Crippen molar-refractivity contribution in [2.45, 2.75) is 161 Å². The molecule has 0 bridgehead atoms. The van der Waals surface area contributed by atoms with E-state index in [1.165, 1.54) is 97.6 Å². The average Bonchev–Trinajstić information content (AvgIpc) is 3.22. The zero-order valence-corrected chi connectivity index (χ0v) is 28.3. The summed E-state index contributed by atoms with van der Waals surface area (Å²) in [6.45, 7) is 18.4. The third-order valence-corrected chi connectivity index (χ3v) is 10.3. The number of benzene rings is 2. The van der Waals surface area contributed by atoms with Gasteiger partial charge in [-0.05, 0) is 78.2 Å².